The number of Topliss-reactive ketones (excluding diaryl/α,β-unsaturated/α-hetero) is 1. The zero-order valence-corrected chi connectivity index (χ0v) is 16.0. The van der Waals surface area contributed by atoms with Crippen LogP contribution in [-0.4, -0.2) is 48.9 Å². The summed E-state index contributed by atoms with van der Waals surface area (Å²) in [6.07, 6.45) is 0. The Balaban J connectivity index is 1.66. The molecule has 0 saturated carbocycles. The molecule has 28 heavy (non-hydrogen) atoms. The van der Waals surface area contributed by atoms with Gasteiger partial charge in [-0.2, -0.15) is 0 Å². The standard InChI is InChI=1S/C20H19NO6S/c1-26-20(25)15-7-9-16(10-8-15)21-18(23)12-28-13-19(24)27-11-17(22)14-5-3-2-4-6-14/h2-10H,11-13H2,1H3,(H,21,23). The Morgan fingerprint density at radius 3 is 2.21 bits per heavy atom. The minimum absolute atomic E-state index is 0.0421. The molecule has 0 aromatic heterocycles. The number of thioether (sulfide) groups is 1. The van der Waals surface area contributed by atoms with E-state index in [1.165, 1.54) is 19.2 Å². The van der Waals surface area contributed by atoms with Gasteiger partial charge < -0.3 is 14.8 Å². The summed E-state index contributed by atoms with van der Waals surface area (Å²) in [7, 11) is 1.29. The number of rotatable bonds is 9. The molecule has 0 bridgehead atoms. The average molecular weight is 401 g/mol. The molecule has 0 fully saturated rings. The van der Waals surface area contributed by atoms with Gasteiger partial charge in [0.1, 0.15) is 0 Å². The summed E-state index contributed by atoms with van der Waals surface area (Å²) in [6.45, 7) is -0.331. The Kier molecular flexibility index (Phi) is 8.23. The summed E-state index contributed by atoms with van der Waals surface area (Å²) in [6, 6.07) is 14.8. The van der Waals surface area contributed by atoms with Crippen molar-refractivity contribution in [2.24, 2.45) is 0 Å². The monoisotopic (exact) mass is 401 g/mol. The molecular formula is C20H19NO6S. The lowest BCUT2D eigenvalue weighted by atomic mass is 10.1. The molecule has 0 aliphatic heterocycles. The molecule has 2 aromatic rings. The van der Waals surface area contributed by atoms with Crippen molar-refractivity contribution in [3.05, 3.63) is 65.7 Å². The highest BCUT2D eigenvalue weighted by molar-refractivity contribution is 8.00. The molecule has 0 spiro atoms. The Labute approximate surface area is 166 Å². The van der Waals surface area contributed by atoms with Crippen LogP contribution in [0.1, 0.15) is 20.7 Å². The second kappa shape index (κ2) is 10.9. The van der Waals surface area contributed by atoms with Crippen molar-refractivity contribution in [3.63, 3.8) is 0 Å². The number of anilines is 1. The van der Waals surface area contributed by atoms with Gasteiger partial charge in [-0.15, -0.1) is 11.8 Å². The summed E-state index contributed by atoms with van der Waals surface area (Å²) < 4.78 is 9.52. The Morgan fingerprint density at radius 1 is 0.893 bits per heavy atom. The number of esters is 2. The minimum Gasteiger partial charge on any atom is -0.465 e. The second-order valence-corrected chi connectivity index (χ2v) is 6.55. The maximum Gasteiger partial charge on any atom is 0.337 e. The Morgan fingerprint density at radius 2 is 1.57 bits per heavy atom. The van der Waals surface area contributed by atoms with E-state index in [1.54, 1.807) is 42.5 Å². The van der Waals surface area contributed by atoms with Crippen LogP contribution >= 0.6 is 11.8 Å². The number of nitrogens with one attached hydrogen (secondary N) is 1. The first kappa shape index (κ1) is 21.2. The Bertz CT molecular complexity index is 836. The highest BCUT2D eigenvalue weighted by Gasteiger charge is 2.11. The number of ketones is 1. The van der Waals surface area contributed by atoms with E-state index in [4.69, 9.17) is 4.74 Å². The molecule has 0 heterocycles. The van der Waals surface area contributed by atoms with E-state index in [2.05, 4.69) is 10.1 Å². The normalized spacial score (nSPS) is 10.0. The highest BCUT2D eigenvalue weighted by atomic mass is 32.2. The number of amides is 1. The van der Waals surface area contributed by atoms with Crippen LogP contribution in [0, 0.1) is 0 Å². The van der Waals surface area contributed by atoms with E-state index >= 15 is 0 Å². The van der Waals surface area contributed by atoms with Gasteiger partial charge >= 0.3 is 11.9 Å². The van der Waals surface area contributed by atoms with Gasteiger partial charge in [0.2, 0.25) is 5.91 Å². The van der Waals surface area contributed by atoms with E-state index in [9.17, 15) is 19.2 Å². The van der Waals surface area contributed by atoms with Gasteiger partial charge in [0.05, 0.1) is 24.2 Å². The lowest BCUT2D eigenvalue weighted by molar-refractivity contribution is -0.139. The highest BCUT2D eigenvalue weighted by Crippen LogP contribution is 2.11. The van der Waals surface area contributed by atoms with Crippen LogP contribution in [0.25, 0.3) is 0 Å². The number of hydrogen-bond acceptors (Lipinski definition) is 7. The number of carbonyl (C=O) groups is 4. The molecule has 0 radical (unpaired) electrons. The topological polar surface area (TPSA) is 98.8 Å². The fourth-order valence-corrected chi connectivity index (χ4v) is 2.74. The third kappa shape index (κ3) is 6.88. The van der Waals surface area contributed by atoms with Crippen molar-refractivity contribution in [1.82, 2.24) is 0 Å². The quantitative estimate of drug-likeness (QED) is 0.509. The van der Waals surface area contributed by atoms with Crippen molar-refractivity contribution >= 4 is 41.1 Å². The van der Waals surface area contributed by atoms with Crippen LogP contribution in [0.5, 0.6) is 0 Å². The molecule has 0 aliphatic rings. The molecule has 8 heteroatoms. The van der Waals surface area contributed by atoms with Gasteiger partial charge in [0, 0.05) is 11.3 Å². The summed E-state index contributed by atoms with van der Waals surface area (Å²) in [5.74, 6) is -1.62. The average Bonchev–Trinajstić information content (AvgIpc) is 2.72. The van der Waals surface area contributed by atoms with E-state index in [-0.39, 0.29) is 29.8 Å². The fraction of sp³-hybridized carbons (Fsp3) is 0.200. The first-order valence-corrected chi connectivity index (χ1v) is 9.45. The third-order valence-corrected chi connectivity index (χ3v) is 4.41. The van der Waals surface area contributed by atoms with Crippen LogP contribution in [0.15, 0.2) is 54.6 Å². The van der Waals surface area contributed by atoms with Gasteiger partial charge in [-0.25, -0.2) is 4.79 Å². The third-order valence-electron chi connectivity index (χ3n) is 3.50. The zero-order valence-electron chi connectivity index (χ0n) is 15.2. The molecule has 1 N–H and O–H groups in total. The molecule has 1 amide bonds. The van der Waals surface area contributed by atoms with Crippen LogP contribution < -0.4 is 5.32 Å². The maximum atomic E-state index is 11.9. The first-order valence-electron chi connectivity index (χ1n) is 8.29. The number of hydrogen-bond donors (Lipinski definition) is 1. The predicted octanol–water partition coefficient (Wildman–Crippen LogP) is 2.57. The molecule has 0 unspecified atom stereocenters. The van der Waals surface area contributed by atoms with E-state index in [1.807, 2.05) is 0 Å². The van der Waals surface area contributed by atoms with Gasteiger partial charge in [0.15, 0.2) is 12.4 Å². The van der Waals surface area contributed by atoms with Gasteiger partial charge in [-0.3, -0.25) is 14.4 Å². The number of ether oxygens (including phenoxy) is 2. The van der Waals surface area contributed by atoms with Gasteiger partial charge in [-0.05, 0) is 24.3 Å². The zero-order chi connectivity index (χ0) is 20.4. The smallest absolute Gasteiger partial charge is 0.337 e. The molecular weight excluding hydrogens is 382 g/mol. The molecule has 0 atom stereocenters. The van der Waals surface area contributed by atoms with Crippen molar-refractivity contribution in [3.8, 4) is 0 Å². The van der Waals surface area contributed by atoms with Crippen LogP contribution in [0.3, 0.4) is 0 Å². The van der Waals surface area contributed by atoms with Gasteiger partial charge in [-0.1, -0.05) is 30.3 Å². The van der Waals surface area contributed by atoms with Crippen LogP contribution in [0.4, 0.5) is 5.69 Å². The van der Waals surface area contributed by atoms with E-state index < -0.39 is 11.9 Å². The van der Waals surface area contributed by atoms with Crippen molar-refractivity contribution in [2.45, 2.75) is 0 Å². The summed E-state index contributed by atoms with van der Waals surface area (Å²) in [5, 5.41) is 2.65. The van der Waals surface area contributed by atoms with Gasteiger partial charge in [0.25, 0.3) is 0 Å². The number of benzene rings is 2. The molecule has 146 valence electrons. The van der Waals surface area contributed by atoms with E-state index in [0.717, 1.165) is 11.8 Å². The number of methoxy groups -OCH3 is 1. The summed E-state index contributed by atoms with van der Waals surface area (Å²) in [5.41, 5.74) is 1.37. The first-order chi connectivity index (χ1) is 13.5. The molecule has 2 aromatic carbocycles. The SMILES string of the molecule is COC(=O)c1ccc(NC(=O)CSCC(=O)OCC(=O)c2ccccc2)cc1. The molecule has 0 saturated heterocycles. The van der Waals surface area contributed by atoms with Crippen molar-refractivity contribution in [1.29, 1.82) is 0 Å². The number of carbonyl (C=O) groups excluding carboxylic acids is 4. The fourth-order valence-electron chi connectivity index (χ4n) is 2.13. The minimum atomic E-state index is -0.565. The lowest BCUT2D eigenvalue weighted by Crippen LogP contribution is -2.18. The molecule has 2 rings (SSSR count). The predicted molar refractivity (Wildman–Crippen MR) is 105 cm³/mol. The van der Waals surface area contributed by atoms with Crippen molar-refractivity contribution in [2.75, 3.05) is 30.5 Å². The summed E-state index contributed by atoms with van der Waals surface area (Å²) >= 11 is 1.08. The van der Waals surface area contributed by atoms with E-state index in [0.29, 0.717) is 16.8 Å². The maximum absolute atomic E-state index is 11.9. The summed E-state index contributed by atoms with van der Waals surface area (Å²) in [4.78, 5) is 46.8. The largest absolute Gasteiger partial charge is 0.465 e. The lowest BCUT2D eigenvalue weighted by Gasteiger charge is -2.06. The molecule has 7 nitrogen and oxygen atoms in total. The second-order valence-electron chi connectivity index (χ2n) is 5.56. The van der Waals surface area contributed by atoms with Crippen LogP contribution in [0.2, 0.25) is 0 Å². The van der Waals surface area contributed by atoms with Crippen LogP contribution in [-0.2, 0) is 19.1 Å². The Hall–Kier alpha value is -3.13. The molecule has 0 aliphatic carbocycles. The van der Waals surface area contributed by atoms with Crippen molar-refractivity contribution < 1.29 is 28.7 Å².